The first-order valence-corrected chi connectivity index (χ1v) is 9.43. The minimum absolute atomic E-state index is 0.0936. The SMILES string of the molecule is O=C(CCc1ccc(-c2cccnc2)cc1)Nc1ccc(I)cc1C(=O)O. The highest BCUT2D eigenvalue weighted by Gasteiger charge is 2.13. The van der Waals surface area contributed by atoms with E-state index in [-0.39, 0.29) is 17.9 Å². The number of nitrogens with zero attached hydrogens (tertiary/aromatic N) is 1. The van der Waals surface area contributed by atoms with Crippen LogP contribution in [0, 0.1) is 3.57 Å². The number of carbonyl (C=O) groups is 2. The van der Waals surface area contributed by atoms with Crippen molar-refractivity contribution in [3.63, 3.8) is 0 Å². The van der Waals surface area contributed by atoms with Crippen molar-refractivity contribution in [2.75, 3.05) is 5.32 Å². The molecule has 3 aromatic rings. The van der Waals surface area contributed by atoms with Crippen LogP contribution < -0.4 is 5.32 Å². The van der Waals surface area contributed by atoms with Gasteiger partial charge in [0.1, 0.15) is 0 Å². The van der Waals surface area contributed by atoms with Gasteiger partial charge in [-0.3, -0.25) is 9.78 Å². The van der Waals surface area contributed by atoms with E-state index >= 15 is 0 Å². The fraction of sp³-hybridized carbons (Fsp3) is 0.0952. The van der Waals surface area contributed by atoms with E-state index < -0.39 is 5.97 Å². The molecule has 0 aliphatic carbocycles. The number of hydrogen-bond acceptors (Lipinski definition) is 3. The Balaban J connectivity index is 1.61. The van der Waals surface area contributed by atoms with Crippen molar-refractivity contribution in [3.8, 4) is 11.1 Å². The third kappa shape index (κ3) is 5.13. The number of hydrogen-bond donors (Lipinski definition) is 2. The molecule has 0 spiro atoms. The Hall–Kier alpha value is -2.74. The highest BCUT2D eigenvalue weighted by molar-refractivity contribution is 14.1. The van der Waals surface area contributed by atoms with Gasteiger partial charge in [0, 0.05) is 22.4 Å². The number of nitrogens with one attached hydrogen (secondary N) is 1. The fourth-order valence-electron chi connectivity index (χ4n) is 2.67. The topological polar surface area (TPSA) is 79.3 Å². The molecular formula is C21H17IN2O3. The van der Waals surface area contributed by atoms with E-state index in [9.17, 15) is 14.7 Å². The second kappa shape index (κ2) is 8.77. The Kier molecular flexibility index (Phi) is 6.18. The molecule has 27 heavy (non-hydrogen) atoms. The maximum absolute atomic E-state index is 12.2. The average molecular weight is 472 g/mol. The van der Waals surface area contributed by atoms with Gasteiger partial charge >= 0.3 is 5.97 Å². The molecule has 2 N–H and O–H groups in total. The van der Waals surface area contributed by atoms with E-state index in [2.05, 4.69) is 10.3 Å². The zero-order chi connectivity index (χ0) is 19.2. The molecular weight excluding hydrogens is 455 g/mol. The molecule has 1 amide bonds. The molecule has 0 fully saturated rings. The maximum Gasteiger partial charge on any atom is 0.337 e. The Morgan fingerprint density at radius 3 is 2.48 bits per heavy atom. The van der Waals surface area contributed by atoms with Crippen LogP contribution in [0.25, 0.3) is 11.1 Å². The van der Waals surface area contributed by atoms with Crippen LogP contribution >= 0.6 is 22.6 Å². The Morgan fingerprint density at radius 1 is 1.04 bits per heavy atom. The minimum atomic E-state index is -1.06. The van der Waals surface area contributed by atoms with Crippen molar-refractivity contribution in [3.05, 3.63) is 81.7 Å². The number of halogens is 1. The van der Waals surface area contributed by atoms with Gasteiger partial charge in [0.2, 0.25) is 5.91 Å². The average Bonchev–Trinajstić information content (AvgIpc) is 2.69. The smallest absolute Gasteiger partial charge is 0.337 e. The first-order chi connectivity index (χ1) is 13.0. The predicted molar refractivity (Wildman–Crippen MR) is 113 cm³/mol. The van der Waals surface area contributed by atoms with Crippen molar-refractivity contribution in [1.29, 1.82) is 0 Å². The number of carboxylic acids is 1. The summed E-state index contributed by atoms with van der Waals surface area (Å²) in [6.07, 6.45) is 4.40. The summed E-state index contributed by atoms with van der Waals surface area (Å²) in [7, 11) is 0. The fourth-order valence-corrected chi connectivity index (χ4v) is 3.16. The first kappa shape index (κ1) is 19.0. The molecule has 0 aliphatic rings. The summed E-state index contributed by atoms with van der Waals surface area (Å²) >= 11 is 2.04. The van der Waals surface area contributed by atoms with Crippen LogP contribution in [0.2, 0.25) is 0 Å². The number of anilines is 1. The molecule has 0 saturated carbocycles. The van der Waals surface area contributed by atoms with Gasteiger partial charge in [-0.05, 0) is 70.0 Å². The van der Waals surface area contributed by atoms with Crippen LogP contribution in [0.5, 0.6) is 0 Å². The predicted octanol–water partition coefficient (Wildman–Crippen LogP) is 4.62. The summed E-state index contributed by atoms with van der Waals surface area (Å²) in [5.41, 5.74) is 3.57. The number of carboxylic acid groups (broad SMARTS) is 1. The third-order valence-corrected chi connectivity index (χ3v) is 4.75. The largest absolute Gasteiger partial charge is 0.478 e. The number of aromatic carboxylic acids is 1. The van der Waals surface area contributed by atoms with Crippen LogP contribution in [0.4, 0.5) is 5.69 Å². The summed E-state index contributed by atoms with van der Waals surface area (Å²) in [5, 5.41) is 12.0. The van der Waals surface area contributed by atoms with Crippen molar-refractivity contribution in [1.82, 2.24) is 4.98 Å². The second-order valence-electron chi connectivity index (χ2n) is 5.98. The van der Waals surface area contributed by atoms with E-state index in [0.717, 1.165) is 20.3 Å². The third-order valence-electron chi connectivity index (χ3n) is 4.08. The number of benzene rings is 2. The maximum atomic E-state index is 12.2. The summed E-state index contributed by atoms with van der Waals surface area (Å²) in [6.45, 7) is 0. The van der Waals surface area contributed by atoms with Gasteiger partial charge in [-0.15, -0.1) is 0 Å². The number of aromatic nitrogens is 1. The van der Waals surface area contributed by atoms with Gasteiger partial charge in [-0.1, -0.05) is 30.3 Å². The standard InChI is InChI=1S/C21H17IN2O3/c22-17-8-9-19(18(12-17)21(26)27)24-20(25)10-5-14-3-6-15(7-4-14)16-2-1-11-23-13-16/h1-4,6-9,11-13H,5,10H2,(H,24,25)(H,26,27). The minimum Gasteiger partial charge on any atom is -0.478 e. The van der Waals surface area contributed by atoms with Crippen molar-refractivity contribution in [2.24, 2.45) is 0 Å². The monoisotopic (exact) mass is 472 g/mol. The van der Waals surface area contributed by atoms with Gasteiger partial charge in [0.05, 0.1) is 11.3 Å². The lowest BCUT2D eigenvalue weighted by atomic mass is 10.0. The molecule has 0 atom stereocenters. The van der Waals surface area contributed by atoms with Crippen molar-refractivity contribution in [2.45, 2.75) is 12.8 Å². The van der Waals surface area contributed by atoms with Gasteiger partial charge in [-0.2, -0.15) is 0 Å². The molecule has 0 bridgehead atoms. The molecule has 6 heteroatoms. The van der Waals surface area contributed by atoms with Crippen LogP contribution in [0.15, 0.2) is 67.0 Å². The highest BCUT2D eigenvalue weighted by Crippen LogP contribution is 2.21. The highest BCUT2D eigenvalue weighted by atomic mass is 127. The number of amides is 1. The number of pyridine rings is 1. The Bertz CT molecular complexity index is 957. The lowest BCUT2D eigenvalue weighted by Crippen LogP contribution is -2.15. The van der Waals surface area contributed by atoms with Crippen LogP contribution in [-0.4, -0.2) is 22.0 Å². The zero-order valence-electron chi connectivity index (χ0n) is 14.4. The van der Waals surface area contributed by atoms with E-state index in [1.54, 1.807) is 18.3 Å². The molecule has 5 nitrogen and oxygen atoms in total. The second-order valence-corrected chi connectivity index (χ2v) is 7.23. The van der Waals surface area contributed by atoms with Crippen LogP contribution in [0.3, 0.4) is 0 Å². The first-order valence-electron chi connectivity index (χ1n) is 8.35. The summed E-state index contributed by atoms with van der Waals surface area (Å²) < 4.78 is 0.803. The molecule has 0 unspecified atom stereocenters. The lowest BCUT2D eigenvalue weighted by molar-refractivity contribution is -0.116. The Labute approximate surface area is 170 Å². The number of aryl methyl sites for hydroxylation is 1. The zero-order valence-corrected chi connectivity index (χ0v) is 16.5. The normalized spacial score (nSPS) is 10.4. The quantitative estimate of drug-likeness (QED) is 0.514. The van der Waals surface area contributed by atoms with Gasteiger partial charge < -0.3 is 10.4 Å². The van der Waals surface area contributed by atoms with Crippen molar-refractivity contribution < 1.29 is 14.7 Å². The Morgan fingerprint density at radius 2 is 1.81 bits per heavy atom. The molecule has 0 radical (unpaired) electrons. The van der Waals surface area contributed by atoms with Crippen LogP contribution in [0.1, 0.15) is 22.3 Å². The molecule has 3 rings (SSSR count). The van der Waals surface area contributed by atoms with Gasteiger partial charge in [0.15, 0.2) is 0 Å². The van der Waals surface area contributed by atoms with E-state index in [1.165, 1.54) is 6.07 Å². The lowest BCUT2D eigenvalue weighted by Gasteiger charge is -2.09. The molecule has 1 heterocycles. The molecule has 2 aromatic carbocycles. The van der Waals surface area contributed by atoms with Crippen LogP contribution in [-0.2, 0) is 11.2 Å². The summed E-state index contributed by atoms with van der Waals surface area (Å²) in [6, 6.07) is 16.8. The summed E-state index contributed by atoms with van der Waals surface area (Å²) in [4.78, 5) is 27.7. The molecule has 136 valence electrons. The summed E-state index contributed by atoms with van der Waals surface area (Å²) in [5.74, 6) is -1.27. The molecule has 0 aliphatic heterocycles. The van der Waals surface area contributed by atoms with E-state index in [4.69, 9.17) is 0 Å². The van der Waals surface area contributed by atoms with Gasteiger partial charge in [0.25, 0.3) is 0 Å². The number of carbonyl (C=O) groups excluding carboxylic acids is 1. The van der Waals surface area contributed by atoms with E-state index in [0.29, 0.717) is 12.1 Å². The van der Waals surface area contributed by atoms with Gasteiger partial charge in [-0.25, -0.2) is 4.79 Å². The van der Waals surface area contributed by atoms with Crippen molar-refractivity contribution >= 4 is 40.2 Å². The molecule has 1 aromatic heterocycles. The van der Waals surface area contributed by atoms with E-state index in [1.807, 2.05) is 65.2 Å². The number of rotatable bonds is 6. The molecule has 0 saturated heterocycles.